The van der Waals surface area contributed by atoms with Crippen molar-refractivity contribution in [3.05, 3.63) is 0 Å². The fourth-order valence-corrected chi connectivity index (χ4v) is 3.65. The first kappa shape index (κ1) is 12.8. The van der Waals surface area contributed by atoms with Crippen LogP contribution in [0.4, 0.5) is 0 Å². The molecule has 0 aromatic carbocycles. The van der Waals surface area contributed by atoms with Crippen molar-refractivity contribution >= 4 is 15.7 Å². The molecule has 2 heterocycles. The SMILES string of the molecule is CN1CCC(C(=O)N2CCS(=O)(=O)CC2)CC1. The molecule has 0 bridgehead atoms. The summed E-state index contributed by atoms with van der Waals surface area (Å²) in [5.74, 6) is 0.525. The van der Waals surface area contributed by atoms with Gasteiger partial charge in [-0.05, 0) is 33.0 Å². The number of rotatable bonds is 1. The zero-order chi connectivity index (χ0) is 12.5. The van der Waals surface area contributed by atoms with Crippen molar-refractivity contribution in [1.82, 2.24) is 9.80 Å². The van der Waals surface area contributed by atoms with Gasteiger partial charge in [-0.15, -0.1) is 0 Å². The van der Waals surface area contributed by atoms with Crippen LogP contribution in [0.15, 0.2) is 0 Å². The van der Waals surface area contributed by atoms with E-state index in [4.69, 9.17) is 0 Å². The average molecular weight is 260 g/mol. The lowest BCUT2D eigenvalue weighted by Crippen LogP contribution is -2.48. The molecule has 0 atom stereocenters. The molecule has 5 nitrogen and oxygen atoms in total. The van der Waals surface area contributed by atoms with E-state index in [1.54, 1.807) is 4.90 Å². The number of nitrogens with zero attached hydrogens (tertiary/aromatic N) is 2. The topological polar surface area (TPSA) is 57.7 Å². The molecule has 0 spiro atoms. The van der Waals surface area contributed by atoms with Gasteiger partial charge in [-0.1, -0.05) is 0 Å². The Morgan fingerprint density at radius 1 is 1.06 bits per heavy atom. The average Bonchev–Trinajstić information content (AvgIpc) is 2.29. The third-order valence-electron chi connectivity index (χ3n) is 3.72. The number of carbonyl (C=O) groups excluding carboxylic acids is 1. The van der Waals surface area contributed by atoms with Crippen LogP contribution in [0.3, 0.4) is 0 Å². The molecule has 0 radical (unpaired) electrons. The van der Waals surface area contributed by atoms with Crippen LogP contribution in [0, 0.1) is 5.92 Å². The van der Waals surface area contributed by atoms with Crippen LogP contribution >= 0.6 is 0 Å². The van der Waals surface area contributed by atoms with E-state index in [0.29, 0.717) is 13.1 Å². The molecule has 0 aliphatic carbocycles. The van der Waals surface area contributed by atoms with E-state index in [2.05, 4.69) is 11.9 Å². The van der Waals surface area contributed by atoms with Gasteiger partial charge in [0.25, 0.3) is 0 Å². The molecule has 0 saturated carbocycles. The van der Waals surface area contributed by atoms with Gasteiger partial charge in [0, 0.05) is 19.0 Å². The summed E-state index contributed by atoms with van der Waals surface area (Å²) < 4.78 is 22.6. The highest BCUT2D eigenvalue weighted by Crippen LogP contribution is 2.19. The first-order valence-corrected chi connectivity index (χ1v) is 7.98. The van der Waals surface area contributed by atoms with Crippen molar-refractivity contribution in [3.8, 4) is 0 Å². The molecule has 0 aromatic rings. The molecular weight excluding hydrogens is 240 g/mol. The number of carbonyl (C=O) groups is 1. The highest BCUT2D eigenvalue weighted by Gasteiger charge is 2.31. The Bertz CT molecular complexity index is 372. The van der Waals surface area contributed by atoms with Gasteiger partial charge in [-0.3, -0.25) is 4.79 Å². The molecule has 98 valence electrons. The summed E-state index contributed by atoms with van der Waals surface area (Å²) in [4.78, 5) is 16.1. The number of amides is 1. The summed E-state index contributed by atoms with van der Waals surface area (Å²) >= 11 is 0. The van der Waals surface area contributed by atoms with Crippen molar-refractivity contribution < 1.29 is 13.2 Å². The third-order valence-corrected chi connectivity index (χ3v) is 5.33. The standard InChI is InChI=1S/C11H20N2O3S/c1-12-4-2-10(3-5-12)11(14)13-6-8-17(15,16)9-7-13/h10H,2-9H2,1H3. The molecule has 17 heavy (non-hydrogen) atoms. The number of hydrogen-bond donors (Lipinski definition) is 0. The Hall–Kier alpha value is -0.620. The van der Waals surface area contributed by atoms with E-state index in [9.17, 15) is 13.2 Å². The molecule has 2 rings (SSSR count). The van der Waals surface area contributed by atoms with Gasteiger partial charge in [-0.2, -0.15) is 0 Å². The van der Waals surface area contributed by atoms with Crippen molar-refractivity contribution in [2.45, 2.75) is 12.8 Å². The second kappa shape index (κ2) is 4.94. The van der Waals surface area contributed by atoms with Gasteiger partial charge in [0.2, 0.25) is 5.91 Å². The monoisotopic (exact) mass is 260 g/mol. The number of hydrogen-bond acceptors (Lipinski definition) is 4. The molecule has 2 aliphatic heterocycles. The molecule has 0 aromatic heterocycles. The highest BCUT2D eigenvalue weighted by molar-refractivity contribution is 7.91. The minimum atomic E-state index is -2.89. The Morgan fingerprint density at radius 3 is 2.12 bits per heavy atom. The van der Waals surface area contributed by atoms with Crippen LogP contribution in [0.1, 0.15) is 12.8 Å². The first-order valence-electron chi connectivity index (χ1n) is 6.16. The van der Waals surface area contributed by atoms with Gasteiger partial charge >= 0.3 is 0 Å². The van der Waals surface area contributed by atoms with Gasteiger partial charge in [-0.25, -0.2) is 8.42 Å². The predicted octanol–water partition coefficient (Wildman–Crippen LogP) is -0.415. The maximum atomic E-state index is 12.2. The summed E-state index contributed by atoms with van der Waals surface area (Å²) in [7, 11) is -0.827. The number of likely N-dealkylation sites (tertiary alicyclic amines) is 1. The second-order valence-electron chi connectivity index (χ2n) is 5.05. The summed E-state index contributed by atoms with van der Waals surface area (Å²) in [6, 6.07) is 0. The molecule has 0 unspecified atom stereocenters. The molecule has 2 fully saturated rings. The zero-order valence-corrected chi connectivity index (χ0v) is 11.1. The Balaban J connectivity index is 1.88. The smallest absolute Gasteiger partial charge is 0.225 e. The van der Waals surface area contributed by atoms with E-state index < -0.39 is 9.84 Å². The third kappa shape index (κ3) is 3.19. The number of piperidine rings is 1. The molecule has 0 N–H and O–H groups in total. The van der Waals surface area contributed by atoms with Crippen LogP contribution in [0.5, 0.6) is 0 Å². The summed E-state index contributed by atoms with van der Waals surface area (Å²) in [6.07, 6.45) is 1.80. The fourth-order valence-electron chi connectivity index (χ4n) is 2.45. The van der Waals surface area contributed by atoms with E-state index in [-0.39, 0.29) is 23.3 Å². The predicted molar refractivity (Wildman–Crippen MR) is 65.5 cm³/mol. The minimum Gasteiger partial charge on any atom is -0.340 e. The molecule has 6 heteroatoms. The summed E-state index contributed by atoms with van der Waals surface area (Å²) in [5.41, 5.74) is 0. The Kier molecular flexibility index (Phi) is 3.73. The van der Waals surface area contributed by atoms with Crippen LogP contribution in [-0.2, 0) is 14.6 Å². The first-order chi connectivity index (χ1) is 7.98. The lowest BCUT2D eigenvalue weighted by molar-refractivity contribution is -0.136. The lowest BCUT2D eigenvalue weighted by Gasteiger charge is -2.34. The van der Waals surface area contributed by atoms with Gasteiger partial charge in [0.05, 0.1) is 11.5 Å². The molecule has 2 aliphatic rings. The van der Waals surface area contributed by atoms with E-state index in [1.165, 1.54) is 0 Å². The van der Waals surface area contributed by atoms with Crippen LogP contribution < -0.4 is 0 Å². The van der Waals surface area contributed by atoms with E-state index in [1.807, 2.05) is 0 Å². The minimum absolute atomic E-state index is 0.104. The Labute approximate surface area is 103 Å². The van der Waals surface area contributed by atoms with Gasteiger partial charge < -0.3 is 9.80 Å². The van der Waals surface area contributed by atoms with Crippen molar-refractivity contribution in [3.63, 3.8) is 0 Å². The zero-order valence-electron chi connectivity index (χ0n) is 10.3. The van der Waals surface area contributed by atoms with Crippen molar-refractivity contribution in [1.29, 1.82) is 0 Å². The van der Waals surface area contributed by atoms with Crippen molar-refractivity contribution in [2.24, 2.45) is 5.92 Å². The normalized spacial score (nSPS) is 27.0. The Morgan fingerprint density at radius 2 is 1.59 bits per heavy atom. The largest absolute Gasteiger partial charge is 0.340 e. The quantitative estimate of drug-likeness (QED) is 0.643. The number of sulfone groups is 1. The summed E-state index contributed by atoms with van der Waals surface area (Å²) in [6.45, 7) is 2.69. The fraction of sp³-hybridized carbons (Fsp3) is 0.909. The van der Waals surface area contributed by atoms with Gasteiger partial charge in [0.15, 0.2) is 9.84 Å². The van der Waals surface area contributed by atoms with Gasteiger partial charge in [0.1, 0.15) is 0 Å². The molecule has 1 amide bonds. The summed E-state index contributed by atoms with van der Waals surface area (Å²) in [5, 5.41) is 0. The van der Waals surface area contributed by atoms with Crippen molar-refractivity contribution in [2.75, 3.05) is 44.7 Å². The maximum Gasteiger partial charge on any atom is 0.225 e. The maximum absolute atomic E-state index is 12.2. The molecular formula is C11H20N2O3S. The van der Waals surface area contributed by atoms with E-state index >= 15 is 0 Å². The van der Waals surface area contributed by atoms with Crippen LogP contribution in [0.25, 0.3) is 0 Å². The highest BCUT2D eigenvalue weighted by atomic mass is 32.2. The van der Waals surface area contributed by atoms with Crippen LogP contribution in [0.2, 0.25) is 0 Å². The molecule has 2 saturated heterocycles. The second-order valence-corrected chi connectivity index (χ2v) is 7.36. The van der Waals surface area contributed by atoms with Crippen LogP contribution in [-0.4, -0.2) is 68.9 Å². The lowest BCUT2D eigenvalue weighted by atomic mass is 9.95. The van der Waals surface area contributed by atoms with E-state index in [0.717, 1.165) is 25.9 Å².